The summed E-state index contributed by atoms with van der Waals surface area (Å²) in [5.74, 6) is 3.09. The molecule has 3 heterocycles. The van der Waals surface area contributed by atoms with Crippen LogP contribution < -0.4 is 4.74 Å². The van der Waals surface area contributed by atoms with Crippen LogP contribution in [-0.4, -0.2) is 51.3 Å². The van der Waals surface area contributed by atoms with E-state index in [9.17, 15) is 4.79 Å². The average Bonchev–Trinajstić information content (AvgIpc) is 3.32. The molecule has 8 heteroatoms. The van der Waals surface area contributed by atoms with E-state index in [0.29, 0.717) is 30.0 Å². The predicted octanol–water partition coefficient (Wildman–Crippen LogP) is 3.44. The second-order valence-corrected chi connectivity index (χ2v) is 8.18. The van der Waals surface area contributed by atoms with Crippen LogP contribution in [0.15, 0.2) is 34.9 Å². The summed E-state index contributed by atoms with van der Waals surface area (Å²) >= 11 is 0. The van der Waals surface area contributed by atoms with Crippen molar-refractivity contribution in [2.45, 2.75) is 38.0 Å². The summed E-state index contributed by atoms with van der Waals surface area (Å²) in [7, 11) is 1.63. The Morgan fingerprint density at radius 1 is 1.30 bits per heavy atom. The van der Waals surface area contributed by atoms with Crippen molar-refractivity contribution in [3.63, 3.8) is 0 Å². The summed E-state index contributed by atoms with van der Waals surface area (Å²) in [4.78, 5) is 19.5. The van der Waals surface area contributed by atoms with Gasteiger partial charge in [0.15, 0.2) is 5.82 Å². The summed E-state index contributed by atoms with van der Waals surface area (Å²) in [6.45, 7) is 1.44. The molecule has 2 aromatic heterocycles. The molecular formula is C22H25N5O3. The van der Waals surface area contributed by atoms with Gasteiger partial charge in [0.2, 0.25) is 5.89 Å². The summed E-state index contributed by atoms with van der Waals surface area (Å²) in [6, 6.07) is 9.45. The lowest BCUT2D eigenvalue weighted by molar-refractivity contribution is 0.0662. The number of piperidine rings is 1. The molecule has 1 aromatic carbocycles. The van der Waals surface area contributed by atoms with E-state index in [0.717, 1.165) is 61.5 Å². The van der Waals surface area contributed by atoms with Gasteiger partial charge in [-0.25, -0.2) is 0 Å². The molecule has 1 saturated heterocycles. The zero-order valence-electron chi connectivity index (χ0n) is 17.0. The highest BCUT2D eigenvalue weighted by Crippen LogP contribution is 2.38. The van der Waals surface area contributed by atoms with E-state index in [1.807, 2.05) is 29.2 Å². The van der Waals surface area contributed by atoms with E-state index in [1.54, 1.807) is 13.2 Å². The normalized spacial score (nSPS) is 19.1. The van der Waals surface area contributed by atoms with Crippen molar-refractivity contribution < 1.29 is 14.1 Å². The molecule has 1 aliphatic heterocycles. The number of methoxy groups -OCH3 is 1. The lowest BCUT2D eigenvalue weighted by Crippen LogP contribution is -2.40. The zero-order valence-corrected chi connectivity index (χ0v) is 17.0. The third-order valence-electron chi connectivity index (χ3n) is 5.87. The van der Waals surface area contributed by atoms with Gasteiger partial charge in [-0.05, 0) is 49.8 Å². The molecule has 0 radical (unpaired) electrons. The van der Waals surface area contributed by atoms with Crippen LogP contribution >= 0.6 is 0 Å². The highest BCUT2D eigenvalue weighted by Gasteiger charge is 2.30. The number of amides is 1. The van der Waals surface area contributed by atoms with Crippen molar-refractivity contribution in [3.8, 4) is 17.0 Å². The van der Waals surface area contributed by atoms with Crippen molar-refractivity contribution in [1.29, 1.82) is 0 Å². The molecule has 1 aliphatic carbocycles. The van der Waals surface area contributed by atoms with Gasteiger partial charge in [0.1, 0.15) is 11.4 Å². The van der Waals surface area contributed by atoms with Gasteiger partial charge in [0, 0.05) is 31.0 Å². The monoisotopic (exact) mass is 407 g/mol. The fourth-order valence-electron chi connectivity index (χ4n) is 4.05. The van der Waals surface area contributed by atoms with E-state index in [-0.39, 0.29) is 5.91 Å². The van der Waals surface area contributed by atoms with Crippen LogP contribution in [-0.2, 0) is 6.42 Å². The average molecular weight is 407 g/mol. The number of aromatic amines is 1. The van der Waals surface area contributed by atoms with E-state index in [1.165, 1.54) is 0 Å². The van der Waals surface area contributed by atoms with Gasteiger partial charge in [0.05, 0.1) is 12.8 Å². The van der Waals surface area contributed by atoms with Crippen LogP contribution in [0.25, 0.3) is 11.3 Å². The number of ether oxygens (including phenoxy) is 1. The second-order valence-electron chi connectivity index (χ2n) is 8.18. The van der Waals surface area contributed by atoms with Gasteiger partial charge in [-0.2, -0.15) is 10.1 Å². The van der Waals surface area contributed by atoms with Gasteiger partial charge in [0.25, 0.3) is 5.91 Å². The fourth-order valence-corrected chi connectivity index (χ4v) is 4.05. The molecule has 0 spiro atoms. The molecule has 1 unspecified atom stereocenters. The number of carbonyl (C=O) groups is 1. The van der Waals surface area contributed by atoms with Crippen LogP contribution in [0.4, 0.5) is 0 Å². The number of carbonyl (C=O) groups excluding carboxylic acids is 1. The first-order valence-corrected chi connectivity index (χ1v) is 10.5. The Morgan fingerprint density at radius 2 is 2.20 bits per heavy atom. The molecule has 2 fully saturated rings. The number of nitrogens with one attached hydrogen (secondary N) is 1. The van der Waals surface area contributed by atoms with Gasteiger partial charge < -0.3 is 14.2 Å². The zero-order chi connectivity index (χ0) is 20.5. The SMILES string of the molecule is COc1cccc(-c2cc(C(=O)N3CCCC(Cc4nc(C5CC5)no4)C3)[nH]n2)c1. The quantitative estimate of drug-likeness (QED) is 0.672. The first kappa shape index (κ1) is 18.8. The number of nitrogens with zero attached hydrogens (tertiary/aromatic N) is 4. The number of benzene rings is 1. The number of likely N-dealkylation sites (tertiary alicyclic amines) is 1. The maximum Gasteiger partial charge on any atom is 0.271 e. The van der Waals surface area contributed by atoms with Crippen LogP contribution in [0, 0.1) is 5.92 Å². The third kappa shape index (κ3) is 3.94. The maximum absolute atomic E-state index is 13.0. The second kappa shape index (κ2) is 7.93. The van der Waals surface area contributed by atoms with Gasteiger partial charge in [-0.3, -0.25) is 9.89 Å². The maximum atomic E-state index is 13.0. The molecule has 1 atom stereocenters. The Bertz CT molecular complexity index is 1040. The molecule has 2 aliphatic rings. The predicted molar refractivity (Wildman–Crippen MR) is 109 cm³/mol. The topological polar surface area (TPSA) is 97.1 Å². The molecule has 1 saturated carbocycles. The first-order valence-electron chi connectivity index (χ1n) is 10.5. The van der Waals surface area contributed by atoms with E-state index in [4.69, 9.17) is 9.26 Å². The molecule has 8 nitrogen and oxygen atoms in total. The minimum absolute atomic E-state index is 0.0226. The highest BCUT2D eigenvalue weighted by atomic mass is 16.5. The van der Waals surface area contributed by atoms with Crippen molar-refractivity contribution in [2.75, 3.05) is 20.2 Å². The molecule has 30 heavy (non-hydrogen) atoms. The van der Waals surface area contributed by atoms with Crippen LogP contribution in [0.2, 0.25) is 0 Å². The Kier molecular flexibility index (Phi) is 4.98. The highest BCUT2D eigenvalue weighted by molar-refractivity contribution is 5.93. The summed E-state index contributed by atoms with van der Waals surface area (Å²) in [5.41, 5.74) is 2.13. The Labute approximate surface area is 174 Å². The molecule has 0 bridgehead atoms. The van der Waals surface area contributed by atoms with Crippen molar-refractivity contribution in [3.05, 3.63) is 47.7 Å². The molecule has 1 N–H and O–H groups in total. The van der Waals surface area contributed by atoms with Crippen LogP contribution in [0.1, 0.15) is 53.8 Å². The van der Waals surface area contributed by atoms with E-state index >= 15 is 0 Å². The van der Waals surface area contributed by atoms with Crippen molar-refractivity contribution in [1.82, 2.24) is 25.2 Å². The fraction of sp³-hybridized carbons (Fsp3) is 0.455. The Hall–Kier alpha value is -3.16. The number of aromatic nitrogens is 4. The molecule has 156 valence electrons. The molecular weight excluding hydrogens is 382 g/mol. The van der Waals surface area contributed by atoms with Crippen molar-refractivity contribution >= 4 is 5.91 Å². The molecule has 3 aromatic rings. The van der Waals surface area contributed by atoms with Gasteiger partial charge >= 0.3 is 0 Å². The largest absolute Gasteiger partial charge is 0.497 e. The number of H-pyrrole nitrogens is 1. The summed E-state index contributed by atoms with van der Waals surface area (Å²) in [5, 5.41) is 11.3. The minimum Gasteiger partial charge on any atom is -0.497 e. The van der Waals surface area contributed by atoms with Crippen LogP contribution in [0.3, 0.4) is 0 Å². The third-order valence-corrected chi connectivity index (χ3v) is 5.87. The minimum atomic E-state index is -0.0226. The molecule has 5 rings (SSSR count). The smallest absolute Gasteiger partial charge is 0.271 e. The number of hydrogen-bond acceptors (Lipinski definition) is 6. The summed E-state index contributed by atoms with van der Waals surface area (Å²) < 4.78 is 10.7. The molecule has 1 amide bonds. The van der Waals surface area contributed by atoms with E-state index in [2.05, 4.69) is 20.3 Å². The Balaban J connectivity index is 1.24. The first-order chi connectivity index (χ1) is 14.7. The van der Waals surface area contributed by atoms with Gasteiger partial charge in [-0.1, -0.05) is 17.3 Å². The lowest BCUT2D eigenvalue weighted by atomic mass is 9.94. The Morgan fingerprint density at radius 3 is 3.03 bits per heavy atom. The van der Waals surface area contributed by atoms with Crippen LogP contribution in [0.5, 0.6) is 5.75 Å². The number of rotatable bonds is 6. The summed E-state index contributed by atoms with van der Waals surface area (Å²) in [6.07, 6.45) is 5.07. The number of hydrogen-bond donors (Lipinski definition) is 1. The van der Waals surface area contributed by atoms with Crippen molar-refractivity contribution in [2.24, 2.45) is 5.92 Å². The van der Waals surface area contributed by atoms with E-state index < -0.39 is 0 Å². The lowest BCUT2D eigenvalue weighted by Gasteiger charge is -2.31. The standard InChI is InChI=1S/C22H25N5O3/c1-29-17-6-2-5-16(11-17)18-12-19(25-24-18)22(28)27-9-3-4-14(13-27)10-20-23-21(26-30-20)15-7-8-15/h2,5-6,11-12,14-15H,3-4,7-10,13H2,1H3,(H,24,25). The van der Waals surface area contributed by atoms with Gasteiger partial charge in [-0.15, -0.1) is 0 Å².